The Morgan fingerprint density at radius 1 is 1.33 bits per heavy atom. The first kappa shape index (κ1) is 17.7. The first-order valence-electron chi connectivity index (χ1n) is 7.93. The lowest BCUT2D eigenvalue weighted by molar-refractivity contribution is -0.143. The van der Waals surface area contributed by atoms with Gasteiger partial charge in [-0.05, 0) is 29.9 Å². The van der Waals surface area contributed by atoms with Gasteiger partial charge in [-0.15, -0.1) is 0 Å². The van der Waals surface area contributed by atoms with E-state index < -0.39 is 11.5 Å². The molecule has 1 aromatic carbocycles. The molecule has 7 heteroatoms. The van der Waals surface area contributed by atoms with Crippen molar-refractivity contribution >= 4 is 35.2 Å². The van der Waals surface area contributed by atoms with E-state index in [1.807, 2.05) is 12.1 Å². The van der Waals surface area contributed by atoms with Crippen LogP contribution in [0.15, 0.2) is 24.3 Å². The number of ether oxygens (including phenoxy) is 1. The smallest absolute Gasteiger partial charge is 0.236 e. The topological polar surface area (TPSA) is 66.8 Å². The molecule has 1 N–H and O–H groups in total. The van der Waals surface area contributed by atoms with Gasteiger partial charge >= 0.3 is 0 Å². The van der Waals surface area contributed by atoms with Crippen LogP contribution in [0.4, 0.5) is 0 Å². The van der Waals surface area contributed by atoms with Crippen LogP contribution in [0, 0.1) is 5.41 Å². The van der Waals surface area contributed by atoms with E-state index in [0.717, 1.165) is 17.7 Å². The molecular formula is C17H20ClNO4S. The summed E-state index contributed by atoms with van der Waals surface area (Å²) in [5, 5.41) is 10.8. The van der Waals surface area contributed by atoms with Crippen molar-refractivity contribution in [1.82, 2.24) is 4.90 Å². The van der Waals surface area contributed by atoms with Crippen LogP contribution in [-0.2, 0) is 20.9 Å². The normalized spacial score (nSPS) is 25.0. The third kappa shape index (κ3) is 3.77. The number of likely N-dealkylation sites (tertiary alicyclic amines) is 1. The van der Waals surface area contributed by atoms with Gasteiger partial charge in [-0.3, -0.25) is 14.5 Å². The van der Waals surface area contributed by atoms with E-state index in [2.05, 4.69) is 0 Å². The summed E-state index contributed by atoms with van der Waals surface area (Å²) in [4.78, 5) is 25.9. The number of hydrogen-bond acceptors (Lipinski definition) is 5. The zero-order valence-electron chi connectivity index (χ0n) is 13.2. The van der Waals surface area contributed by atoms with Gasteiger partial charge in [0.2, 0.25) is 11.8 Å². The lowest BCUT2D eigenvalue weighted by Gasteiger charge is -2.22. The van der Waals surface area contributed by atoms with E-state index in [-0.39, 0.29) is 31.4 Å². The van der Waals surface area contributed by atoms with Crippen LogP contribution < -0.4 is 0 Å². The Morgan fingerprint density at radius 3 is 2.75 bits per heavy atom. The van der Waals surface area contributed by atoms with Crippen molar-refractivity contribution in [1.29, 1.82) is 0 Å². The molecule has 2 amide bonds. The Balaban J connectivity index is 1.48. The fourth-order valence-corrected chi connectivity index (χ4v) is 4.68. The fourth-order valence-electron chi connectivity index (χ4n) is 3.12. The van der Waals surface area contributed by atoms with Gasteiger partial charge in [0, 0.05) is 17.2 Å². The minimum atomic E-state index is -0.880. The van der Waals surface area contributed by atoms with Gasteiger partial charge in [0.15, 0.2) is 0 Å². The lowest BCUT2D eigenvalue weighted by Crippen LogP contribution is -2.41. The maximum absolute atomic E-state index is 12.5. The molecule has 2 fully saturated rings. The van der Waals surface area contributed by atoms with Gasteiger partial charge in [0.25, 0.3) is 0 Å². The van der Waals surface area contributed by atoms with E-state index in [1.54, 1.807) is 23.9 Å². The first-order valence-corrected chi connectivity index (χ1v) is 9.46. The highest BCUT2D eigenvalue weighted by atomic mass is 35.5. The largest absolute Gasteiger partial charge is 0.389 e. The van der Waals surface area contributed by atoms with Gasteiger partial charge in [-0.2, -0.15) is 11.8 Å². The molecule has 0 aliphatic carbocycles. The molecule has 24 heavy (non-hydrogen) atoms. The average molecular weight is 370 g/mol. The molecule has 2 aliphatic heterocycles. The summed E-state index contributed by atoms with van der Waals surface area (Å²) in [6.07, 6.45) is 0.147. The molecule has 1 spiro atoms. The summed E-state index contributed by atoms with van der Waals surface area (Å²) in [5.74, 6) is 1.31. The second kappa shape index (κ2) is 7.44. The van der Waals surface area contributed by atoms with Crippen molar-refractivity contribution in [2.24, 2.45) is 5.41 Å². The van der Waals surface area contributed by atoms with Gasteiger partial charge in [0.05, 0.1) is 31.3 Å². The minimum Gasteiger partial charge on any atom is -0.389 e. The number of aliphatic hydroxyl groups is 1. The molecule has 0 unspecified atom stereocenters. The van der Waals surface area contributed by atoms with Crippen molar-refractivity contribution < 1.29 is 19.4 Å². The van der Waals surface area contributed by atoms with Crippen molar-refractivity contribution in [2.75, 3.05) is 24.7 Å². The minimum absolute atomic E-state index is 0.00466. The number of amides is 2. The number of aliphatic hydroxyl groups excluding tert-OH is 1. The number of hydrogen-bond donors (Lipinski definition) is 1. The molecule has 5 nitrogen and oxygen atoms in total. The summed E-state index contributed by atoms with van der Waals surface area (Å²) < 4.78 is 5.47. The molecule has 2 heterocycles. The number of rotatable bonds is 6. The Morgan fingerprint density at radius 2 is 2.08 bits per heavy atom. The third-order valence-corrected chi connectivity index (χ3v) is 5.98. The SMILES string of the molecule is O=C1C[C@]2(CCSC2)C(=O)N1C[C@@H](O)COCc1ccc(Cl)cc1. The van der Waals surface area contributed by atoms with Crippen molar-refractivity contribution in [3.05, 3.63) is 34.9 Å². The highest BCUT2D eigenvalue weighted by molar-refractivity contribution is 7.99. The zero-order chi connectivity index (χ0) is 17.2. The van der Waals surface area contributed by atoms with Crippen LogP contribution in [-0.4, -0.2) is 52.6 Å². The van der Waals surface area contributed by atoms with Crippen molar-refractivity contribution in [3.8, 4) is 0 Å². The number of nitrogens with zero attached hydrogens (tertiary/aromatic N) is 1. The maximum Gasteiger partial charge on any atom is 0.236 e. The van der Waals surface area contributed by atoms with E-state index >= 15 is 0 Å². The summed E-state index contributed by atoms with van der Waals surface area (Å²) in [7, 11) is 0. The Bertz CT molecular complexity index is 616. The fraction of sp³-hybridized carbons (Fsp3) is 0.529. The third-order valence-electron chi connectivity index (χ3n) is 4.48. The monoisotopic (exact) mass is 369 g/mol. The zero-order valence-corrected chi connectivity index (χ0v) is 14.8. The van der Waals surface area contributed by atoms with Crippen LogP contribution in [0.25, 0.3) is 0 Å². The van der Waals surface area contributed by atoms with Gasteiger partial charge in [-0.25, -0.2) is 0 Å². The van der Waals surface area contributed by atoms with Gasteiger partial charge in [-0.1, -0.05) is 23.7 Å². The number of carbonyl (C=O) groups excluding carboxylic acids is 2. The van der Waals surface area contributed by atoms with Crippen molar-refractivity contribution in [2.45, 2.75) is 25.6 Å². The predicted molar refractivity (Wildman–Crippen MR) is 92.8 cm³/mol. The van der Waals surface area contributed by atoms with Gasteiger partial charge < -0.3 is 9.84 Å². The number of thioether (sulfide) groups is 1. The first-order chi connectivity index (χ1) is 11.5. The highest BCUT2D eigenvalue weighted by Gasteiger charge is 2.53. The molecule has 0 aromatic heterocycles. The van der Waals surface area contributed by atoms with E-state index in [1.165, 1.54) is 4.90 Å². The molecule has 130 valence electrons. The molecule has 1 aromatic rings. The summed E-state index contributed by atoms with van der Waals surface area (Å²) in [6, 6.07) is 7.25. The second-order valence-electron chi connectivity index (χ2n) is 6.36. The summed E-state index contributed by atoms with van der Waals surface area (Å²) in [5.41, 5.74) is 0.424. The van der Waals surface area contributed by atoms with Crippen LogP contribution in [0.1, 0.15) is 18.4 Å². The Kier molecular flexibility index (Phi) is 5.49. The van der Waals surface area contributed by atoms with E-state index in [9.17, 15) is 14.7 Å². The predicted octanol–water partition coefficient (Wildman–Crippen LogP) is 2.10. The Labute approximate surface area is 150 Å². The molecule has 0 radical (unpaired) electrons. The van der Waals surface area contributed by atoms with Crippen LogP contribution in [0.5, 0.6) is 0 Å². The number of imide groups is 1. The standard InChI is InChI=1S/C17H20ClNO4S/c18-13-3-1-12(2-4-13)9-23-10-14(20)8-19-15(21)7-17(16(19)22)5-6-24-11-17/h1-4,14,20H,5-11H2/t14-,17+/m1/s1. The van der Waals surface area contributed by atoms with Crippen LogP contribution in [0.2, 0.25) is 5.02 Å². The van der Waals surface area contributed by atoms with Crippen LogP contribution in [0.3, 0.4) is 0 Å². The van der Waals surface area contributed by atoms with Gasteiger partial charge in [0.1, 0.15) is 0 Å². The quantitative estimate of drug-likeness (QED) is 0.778. The van der Waals surface area contributed by atoms with Crippen molar-refractivity contribution in [3.63, 3.8) is 0 Å². The molecular weight excluding hydrogens is 350 g/mol. The van der Waals surface area contributed by atoms with E-state index in [0.29, 0.717) is 17.4 Å². The number of carbonyl (C=O) groups is 2. The highest BCUT2D eigenvalue weighted by Crippen LogP contribution is 2.44. The molecule has 0 saturated carbocycles. The summed E-state index contributed by atoms with van der Waals surface area (Å²) in [6.45, 7) is 0.419. The van der Waals surface area contributed by atoms with E-state index in [4.69, 9.17) is 16.3 Å². The maximum atomic E-state index is 12.5. The molecule has 0 bridgehead atoms. The molecule has 3 rings (SSSR count). The van der Waals surface area contributed by atoms with Crippen LogP contribution >= 0.6 is 23.4 Å². The molecule has 2 atom stereocenters. The molecule has 2 aliphatic rings. The summed E-state index contributed by atoms with van der Waals surface area (Å²) >= 11 is 7.53. The number of β-amino-alcohol motifs (C(OH)–C–C–N with tert-alkyl or cyclic N) is 1. The number of benzene rings is 1. The Hall–Kier alpha value is -1.08. The lowest BCUT2D eigenvalue weighted by atomic mass is 9.86. The molecule has 2 saturated heterocycles. The number of halogens is 1. The second-order valence-corrected chi connectivity index (χ2v) is 7.91. The average Bonchev–Trinajstić information content (AvgIpc) is 3.11.